The van der Waals surface area contributed by atoms with Crippen LogP contribution in [0.5, 0.6) is 23.0 Å². The number of carbonyl (C=O) groups is 1. The van der Waals surface area contributed by atoms with E-state index < -0.39 is 0 Å². The maximum atomic E-state index is 12.9. The zero-order chi connectivity index (χ0) is 23.2. The molecule has 2 heterocycles. The Morgan fingerprint density at radius 1 is 1.12 bits per heavy atom. The van der Waals surface area contributed by atoms with E-state index in [1.165, 1.54) is 0 Å². The van der Waals surface area contributed by atoms with Crippen LogP contribution in [0.1, 0.15) is 41.0 Å². The normalized spacial score (nSPS) is 14.2. The second kappa shape index (κ2) is 10.3. The SMILES string of the molecule is CCOc1cc2c(cc1CNC(=O)c1ccc(OC)c(OCc3ccccn3)c1)OC(C)C2. The monoisotopic (exact) mass is 448 g/mol. The van der Waals surface area contributed by atoms with Crippen LogP contribution in [0.2, 0.25) is 0 Å². The zero-order valence-electron chi connectivity index (χ0n) is 19.1. The molecule has 0 fully saturated rings. The molecule has 1 amide bonds. The summed E-state index contributed by atoms with van der Waals surface area (Å²) in [5, 5.41) is 2.97. The van der Waals surface area contributed by atoms with Gasteiger partial charge in [-0.25, -0.2) is 0 Å². The quantitative estimate of drug-likeness (QED) is 0.525. The lowest BCUT2D eigenvalue weighted by Crippen LogP contribution is -2.23. The summed E-state index contributed by atoms with van der Waals surface area (Å²) in [6.07, 6.45) is 2.71. The van der Waals surface area contributed by atoms with Crippen LogP contribution in [-0.4, -0.2) is 30.7 Å². The van der Waals surface area contributed by atoms with Crippen molar-refractivity contribution >= 4 is 5.91 Å². The molecule has 33 heavy (non-hydrogen) atoms. The molecule has 1 aromatic heterocycles. The molecule has 7 nitrogen and oxygen atoms in total. The van der Waals surface area contributed by atoms with Gasteiger partial charge in [-0.3, -0.25) is 9.78 Å². The van der Waals surface area contributed by atoms with Crippen molar-refractivity contribution < 1.29 is 23.7 Å². The van der Waals surface area contributed by atoms with Gasteiger partial charge in [0, 0.05) is 35.9 Å². The number of nitrogens with zero attached hydrogens (tertiary/aromatic N) is 1. The fraction of sp³-hybridized carbons (Fsp3) is 0.308. The van der Waals surface area contributed by atoms with Crippen LogP contribution in [0, 0.1) is 0 Å². The lowest BCUT2D eigenvalue weighted by atomic mass is 10.1. The van der Waals surface area contributed by atoms with E-state index in [4.69, 9.17) is 18.9 Å². The summed E-state index contributed by atoms with van der Waals surface area (Å²) < 4.78 is 22.9. The lowest BCUT2D eigenvalue weighted by molar-refractivity contribution is 0.0950. The maximum absolute atomic E-state index is 12.9. The number of nitrogens with one attached hydrogen (secondary N) is 1. The van der Waals surface area contributed by atoms with Crippen molar-refractivity contribution in [3.05, 3.63) is 77.1 Å². The van der Waals surface area contributed by atoms with Crippen molar-refractivity contribution in [2.24, 2.45) is 0 Å². The number of methoxy groups -OCH3 is 1. The number of hydrogen-bond donors (Lipinski definition) is 1. The molecule has 0 aliphatic carbocycles. The van der Waals surface area contributed by atoms with Gasteiger partial charge in [0.15, 0.2) is 11.5 Å². The van der Waals surface area contributed by atoms with Gasteiger partial charge >= 0.3 is 0 Å². The molecule has 0 saturated carbocycles. The fourth-order valence-electron chi connectivity index (χ4n) is 3.75. The number of rotatable bonds is 9. The van der Waals surface area contributed by atoms with Crippen LogP contribution in [0.25, 0.3) is 0 Å². The third-order valence-corrected chi connectivity index (χ3v) is 5.35. The average molecular weight is 449 g/mol. The molecule has 0 spiro atoms. The van der Waals surface area contributed by atoms with Gasteiger partial charge in [-0.05, 0) is 56.3 Å². The van der Waals surface area contributed by atoms with E-state index in [1.807, 2.05) is 44.2 Å². The van der Waals surface area contributed by atoms with Gasteiger partial charge in [-0.2, -0.15) is 0 Å². The van der Waals surface area contributed by atoms with Crippen LogP contribution < -0.4 is 24.3 Å². The van der Waals surface area contributed by atoms with Crippen molar-refractivity contribution in [3.63, 3.8) is 0 Å². The molecule has 1 aliphatic rings. The summed E-state index contributed by atoms with van der Waals surface area (Å²) in [7, 11) is 1.56. The second-order valence-corrected chi connectivity index (χ2v) is 7.79. The molecule has 1 atom stereocenters. The topological polar surface area (TPSA) is 78.9 Å². The standard InChI is InChI=1S/C26H28N2O5/c1-4-31-23-13-19-11-17(2)33-24(19)14-20(23)15-28-26(29)18-8-9-22(30-3)25(12-18)32-16-21-7-5-6-10-27-21/h5-10,12-14,17H,4,11,15-16H2,1-3H3,(H,28,29). The minimum atomic E-state index is -0.224. The summed E-state index contributed by atoms with van der Waals surface area (Å²) in [5.74, 6) is 2.42. The molecule has 0 bridgehead atoms. The van der Waals surface area contributed by atoms with E-state index in [1.54, 1.807) is 31.5 Å². The average Bonchev–Trinajstić information content (AvgIpc) is 3.20. The molecule has 0 radical (unpaired) electrons. The summed E-state index contributed by atoms with van der Waals surface area (Å²) in [6, 6.07) is 14.7. The van der Waals surface area contributed by atoms with E-state index in [-0.39, 0.29) is 18.6 Å². The number of hydrogen-bond acceptors (Lipinski definition) is 6. The summed E-state index contributed by atoms with van der Waals surface area (Å²) >= 11 is 0. The number of pyridine rings is 1. The lowest BCUT2D eigenvalue weighted by Gasteiger charge is -2.14. The molecule has 172 valence electrons. The minimum absolute atomic E-state index is 0.142. The first-order valence-corrected chi connectivity index (χ1v) is 11.0. The first kappa shape index (κ1) is 22.5. The van der Waals surface area contributed by atoms with Gasteiger partial charge in [0.25, 0.3) is 5.91 Å². The third kappa shape index (κ3) is 5.37. The first-order chi connectivity index (χ1) is 16.1. The predicted molar refractivity (Wildman–Crippen MR) is 124 cm³/mol. The Labute approximate surface area is 193 Å². The largest absolute Gasteiger partial charge is 0.494 e. The van der Waals surface area contributed by atoms with Gasteiger partial charge < -0.3 is 24.3 Å². The Bertz CT molecular complexity index is 1120. The van der Waals surface area contributed by atoms with Gasteiger partial charge in [0.1, 0.15) is 24.2 Å². The second-order valence-electron chi connectivity index (χ2n) is 7.79. The highest BCUT2D eigenvalue weighted by molar-refractivity contribution is 5.94. The first-order valence-electron chi connectivity index (χ1n) is 11.0. The highest BCUT2D eigenvalue weighted by Crippen LogP contribution is 2.35. The molecule has 2 aromatic carbocycles. The van der Waals surface area contributed by atoms with E-state index >= 15 is 0 Å². The van der Waals surface area contributed by atoms with Crippen LogP contribution in [0.3, 0.4) is 0 Å². The van der Waals surface area contributed by atoms with Gasteiger partial charge in [-0.15, -0.1) is 0 Å². The van der Waals surface area contributed by atoms with Crippen molar-refractivity contribution in [1.82, 2.24) is 10.3 Å². The van der Waals surface area contributed by atoms with Gasteiger partial charge in [0.05, 0.1) is 19.4 Å². The number of carbonyl (C=O) groups excluding carboxylic acids is 1. The Hall–Kier alpha value is -3.74. The Balaban J connectivity index is 1.47. The van der Waals surface area contributed by atoms with Crippen LogP contribution in [-0.2, 0) is 19.6 Å². The molecular formula is C26H28N2O5. The summed E-state index contributed by atoms with van der Waals surface area (Å²) in [4.78, 5) is 17.2. The Morgan fingerprint density at radius 3 is 2.76 bits per heavy atom. The highest BCUT2D eigenvalue weighted by atomic mass is 16.5. The van der Waals surface area contributed by atoms with Crippen LogP contribution in [0.4, 0.5) is 0 Å². The van der Waals surface area contributed by atoms with E-state index in [9.17, 15) is 4.79 Å². The molecule has 1 unspecified atom stereocenters. The van der Waals surface area contributed by atoms with E-state index in [0.717, 1.165) is 34.7 Å². The molecule has 3 aromatic rings. The van der Waals surface area contributed by atoms with Crippen molar-refractivity contribution in [3.8, 4) is 23.0 Å². The van der Waals surface area contributed by atoms with Crippen molar-refractivity contribution in [2.75, 3.05) is 13.7 Å². The predicted octanol–water partition coefficient (Wildman–Crippen LogP) is 4.32. The zero-order valence-corrected chi connectivity index (χ0v) is 19.1. The number of ether oxygens (including phenoxy) is 4. The molecule has 0 saturated heterocycles. The van der Waals surface area contributed by atoms with Crippen molar-refractivity contribution in [1.29, 1.82) is 0 Å². The van der Waals surface area contributed by atoms with Crippen LogP contribution >= 0.6 is 0 Å². The Morgan fingerprint density at radius 2 is 2.00 bits per heavy atom. The number of aromatic nitrogens is 1. The van der Waals surface area contributed by atoms with E-state index in [0.29, 0.717) is 30.2 Å². The summed E-state index contributed by atoms with van der Waals surface area (Å²) in [5.41, 5.74) is 3.26. The third-order valence-electron chi connectivity index (χ3n) is 5.35. The number of benzene rings is 2. The number of fused-ring (bicyclic) bond motifs is 1. The molecule has 4 rings (SSSR count). The highest BCUT2D eigenvalue weighted by Gasteiger charge is 2.22. The maximum Gasteiger partial charge on any atom is 0.251 e. The fourth-order valence-corrected chi connectivity index (χ4v) is 3.75. The van der Waals surface area contributed by atoms with Crippen molar-refractivity contribution in [2.45, 2.75) is 39.5 Å². The molecule has 7 heteroatoms. The van der Waals surface area contributed by atoms with Crippen LogP contribution in [0.15, 0.2) is 54.7 Å². The minimum Gasteiger partial charge on any atom is -0.494 e. The smallest absolute Gasteiger partial charge is 0.251 e. The number of amides is 1. The van der Waals surface area contributed by atoms with Gasteiger partial charge in [0.2, 0.25) is 0 Å². The molecule has 1 aliphatic heterocycles. The van der Waals surface area contributed by atoms with E-state index in [2.05, 4.69) is 10.3 Å². The Kier molecular flexibility index (Phi) is 6.98. The molecule has 1 N–H and O–H groups in total. The summed E-state index contributed by atoms with van der Waals surface area (Å²) in [6.45, 7) is 5.12. The molecular weight excluding hydrogens is 420 g/mol. The van der Waals surface area contributed by atoms with Gasteiger partial charge in [-0.1, -0.05) is 6.07 Å².